The van der Waals surface area contributed by atoms with Gasteiger partial charge in [0.05, 0.1) is 18.0 Å². The number of amides is 1. The van der Waals surface area contributed by atoms with E-state index in [0.29, 0.717) is 16.5 Å². The third-order valence-corrected chi connectivity index (χ3v) is 4.54. The van der Waals surface area contributed by atoms with E-state index in [2.05, 4.69) is 15.4 Å². The van der Waals surface area contributed by atoms with E-state index < -0.39 is 0 Å². The number of furan rings is 1. The highest BCUT2D eigenvalue weighted by Crippen LogP contribution is 2.26. The van der Waals surface area contributed by atoms with Gasteiger partial charge in [0, 0.05) is 23.5 Å². The maximum Gasteiger partial charge on any atom is 0.272 e. The van der Waals surface area contributed by atoms with Crippen LogP contribution < -0.4 is 5.32 Å². The quantitative estimate of drug-likeness (QED) is 0.535. The Morgan fingerprint density at radius 2 is 2.07 bits per heavy atom. The van der Waals surface area contributed by atoms with Gasteiger partial charge in [-0.05, 0) is 48.9 Å². The summed E-state index contributed by atoms with van der Waals surface area (Å²) in [5.74, 6) is 0.316. The minimum Gasteiger partial charge on any atom is -0.463 e. The molecule has 0 spiro atoms. The lowest BCUT2D eigenvalue weighted by Gasteiger charge is -2.12. The first-order chi connectivity index (χ1) is 13.6. The topological polar surface area (TPSA) is 73.0 Å². The molecular weight excluding hydrogens is 376 g/mol. The maximum atomic E-state index is 12.8. The molecule has 6 nitrogen and oxygen atoms in total. The van der Waals surface area contributed by atoms with Crippen LogP contribution in [0.2, 0.25) is 5.02 Å². The van der Waals surface area contributed by atoms with Crippen molar-refractivity contribution in [3.8, 4) is 17.1 Å². The molecule has 1 aromatic carbocycles. The van der Waals surface area contributed by atoms with Gasteiger partial charge < -0.3 is 9.73 Å². The van der Waals surface area contributed by atoms with Crippen molar-refractivity contribution in [3.63, 3.8) is 0 Å². The van der Waals surface area contributed by atoms with Crippen LogP contribution in [0.15, 0.2) is 77.7 Å². The van der Waals surface area contributed by atoms with Crippen molar-refractivity contribution in [3.05, 3.63) is 89.5 Å². The predicted octanol–water partition coefficient (Wildman–Crippen LogP) is 4.67. The largest absolute Gasteiger partial charge is 0.463 e. The second-order valence-corrected chi connectivity index (χ2v) is 6.70. The molecule has 3 aromatic heterocycles. The molecule has 0 fully saturated rings. The monoisotopic (exact) mass is 392 g/mol. The van der Waals surface area contributed by atoms with Crippen molar-refractivity contribution in [2.24, 2.45) is 0 Å². The van der Waals surface area contributed by atoms with E-state index >= 15 is 0 Å². The smallest absolute Gasteiger partial charge is 0.272 e. The number of nitrogens with one attached hydrogen (secondary N) is 1. The van der Waals surface area contributed by atoms with Gasteiger partial charge in [0.2, 0.25) is 0 Å². The Morgan fingerprint density at radius 1 is 1.18 bits per heavy atom. The van der Waals surface area contributed by atoms with Crippen LogP contribution in [0.3, 0.4) is 0 Å². The maximum absolute atomic E-state index is 12.8. The molecule has 0 saturated carbocycles. The average molecular weight is 393 g/mol. The van der Waals surface area contributed by atoms with E-state index in [0.717, 1.165) is 11.3 Å². The summed E-state index contributed by atoms with van der Waals surface area (Å²) >= 11 is 6.13. The van der Waals surface area contributed by atoms with Gasteiger partial charge in [0.1, 0.15) is 5.69 Å². The van der Waals surface area contributed by atoms with E-state index in [1.54, 1.807) is 47.6 Å². The summed E-state index contributed by atoms with van der Waals surface area (Å²) < 4.78 is 7.17. The molecule has 3 heterocycles. The Morgan fingerprint density at radius 3 is 2.79 bits per heavy atom. The molecule has 0 radical (unpaired) electrons. The number of hydrogen-bond donors (Lipinski definition) is 1. The summed E-state index contributed by atoms with van der Waals surface area (Å²) in [5, 5.41) is 8.02. The number of benzene rings is 1. The normalized spacial score (nSPS) is 11.9. The fourth-order valence-electron chi connectivity index (χ4n) is 2.88. The molecule has 1 amide bonds. The molecule has 7 heteroatoms. The lowest BCUT2D eigenvalue weighted by atomic mass is 10.1. The highest BCUT2D eigenvalue weighted by atomic mass is 35.5. The number of carbonyl (C=O) groups excluding carboxylic acids is 1. The highest BCUT2D eigenvalue weighted by Gasteiger charge is 2.20. The first kappa shape index (κ1) is 18.0. The molecule has 1 N–H and O–H groups in total. The van der Waals surface area contributed by atoms with Gasteiger partial charge >= 0.3 is 0 Å². The van der Waals surface area contributed by atoms with Crippen molar-refractivity contribution in [1.29, 1.82) is 0 Å². The van der Waals surface area contributed by atoms with Gasteiger partial charge in [-0.25, -0.2) is 4.68 Å². The molecule has 0 aliphatic heterocycles. The van der Waals surface area contributed by atoms with Gasteiger partial charge in [-0.1, -0.05) is 23.7 Å². The molecule has 28 heavy (non-hydrogen) atoms. The van der Waals surface area contributed by atoms with Gasteiger partial charge in [-0.3, -0.25) is 9.78 Å². The van der Waals surface area contributed by atoms with Crippen LogP contribution >= 0.6 is 11.6 Å². The standard InChI is InChI=1S/C21H17ClN4O2/c1-14(15-5-3-9-23-13-15)24-21(27)18-12-19(20-8-4-10-28-20)26(25-18)17-7-2-6-16(22)11-17/h2-14H,1H3,(H,24,27). The lowest BCUT2D eigenvalue weighted by Crippen LogP contribution is -2.27. The van der Waals surface area contributed by atoms with E-state index in [1.165, 1.54) is 0 Å². The summed E-state index contributed by atoms with van der Waals surface area (Å²) in [6.45, 7) is 1.90. The molecular formula is C21H17ClN4O2. The zero-order valence-corrected chi connectivity index (χ0v) is 15.8. The second kappa shape index (κ2) is 7.70. The molecule has 0 aliphatic carbocycles. The lowest BCUT2D eigenvalue weighted by molar-refractivity contribution is 0.0934. The first-order valence-electron chi connectivity index (χ1n) is 8.72. The molecule has 140 valence electrons. The molecule has 4 aromatic rings. The zero-order chi connectivity index (χ0) is 19.5. The van der Waals surface area contributed by atoms with Crippen molar-refractivity contribution in [1.82, 2.24) is 20.1 Å². The van der Waals surface area contributed by atoms with Crippen LogP contribution in [-0.2, 0) is 0 Å². The Kier molecular flexibility index (Phi) is 4.95. The number of carbonyl (C=O) groups is 1. The Bertz CT molecular complexity index is 1090. The number of nitrogens with zero attached hydrogens (tertiary/aromatic N) is 3. The molecule has 1 unspecified atom stereocenters. The number of pyridine rings is 1. The van der Waals surface area contributed by atoms with Gasteiger partial charge in [0.15, 0.2) is 11.5 Å². The van der Waals surface area contributed by atoms with Gasteiger partial charge in [0.25, 0.3) is 5.91 Å². The van der Waals surface area contributed by atoms with Crippen LogP contribution in [0.25, 0.3) is 17.1 Å². The van der Waals surface area contributed by atoms with Crippen molar-refractivity contribution < 1.29 is 9.21 Å². The van der Waals surface area contributed by atoms with E-state index in [4.69, 9.17) is 16.0 Å². The van der Waals surface area contributed by atoms with Crippen LogP contribution in [-0.4, -0.2) is 20.7 Å². The van der Waals surface area contributed by atoms with Gasteiger partial charge in [-0.2, -0.15) is 5.10 Å². The zero-order valence-electron chi connectivity index (χ0n) is 15.0. The fourth-order valence-corrected chi connectivity index (χ4v) is 3.07. The van der Waals surface area contributed by atoms with E-state index in [9.17, 15) is 4.79 Å². The average Bonchev–Trinajstić information content (AvgIpc) is 3.38. The van der Waals surface area contributed by atoms with Crippen LogP contribution in [0.4, 0.5) is 0 Å². The summed E-state index contributed by atoms with van der Waals surface area (Å²) in [6.07, 6.45) is 5.00. The molecule has 0 aliphatic rings. The minimum atomic E-state index is -0.287. The molecule has 4 rings (SSSR count). The Hall–Kier alpha value is -3.38. The van der Waals surface area contributed by atoms with Crippen molar-refractivity contribution in [2.45, 2.75) is 13.0 Å². The minimum absolute atomic E-state index is 0.204. The molecule has 0 saturated heterocycles. The molecule has 1 atom stereocenters. The summed E-state index contributed by atoms with van der Waals surface area (Å²) in [6, 6.07) is 16.1. The first-order valence-corrected chi connectivity index (χ1v) is 9.10. The van der Waals surface area contributed by atoms with Crippen molar-refractivity contribution in [2.75, 3.05) is 0 Å². The summed E-state index contributed by atoms with van der Waals surface area (Å²) in [5.41, 5.74) is 2.59. The number of hydrogen-bond acceptors (Lipinski definition) is 4. The number of aromatic nitrogens is 3. The van der Waals surface area contributed by atoms with E-state index in [-0.39, 0.29) is 17.6 Å². The van der Waals surface area contributed by atoms with Gasteiger partial charge in [-0.15, -0.1) is 0 Å². The Balaban J connectivity index is 1.68. The number of halogens is 1. The third-order valence-electron chi connectivity index (χ3n) is 4.30. The summed E-state index contributed by atoms with van der Waals surface area (Å²) in [4.78, 5) is 16.9. The van der Waals surface area contributed by atoms with E-state index in [1.807, 2.05) is 37.3 Å². The summed E-state index contributed by atoms with van der Waals surface area (Å²) in [7, 11) is 0. The van der Waals surface area contributed by atoms with Crippen LogP contribution in [0.5, 0.6) is 0 Å². The number of rotatable bonds is 5. The Labute approximate surface area is 166 Å². The van der Waals surface area contributed by atoms with Crippen molar-refractivity contribution >= 4 is 17.5 Å². The predicted molar refractivity (Wildman–Crippen MR) is 106 cm³/mol. The third kappa shape index (κ3) is 3.68. The highest BCUT2D eigenvalue weighted by molar-refractivity contribution is 6.30. The SMILES string of the molecule is CC(NC(=O)c1cc(-c2ccco2)n(-c2cccc(Cl)c2)n1)c1cccnc1. The van der Waals surface area contributed by atoms with Crippen LogP contribution in [0, 0.1) is 0 Å². The molecule has 0 bridgehead atoms. The second-order valence-electron chi connectivity index (χ2n) is 6.27. The fraction of sp³-hybridized carbons (Fsp3) is 0.0952. The van der Waals surface area contributed by atoms with Crippen LogP contribution in [0.1, 0.15) is 29.0 Å².